The SMILES string of the molecule is CC[C@@H](C)N(C)C(=O)[C@@H](C)NC(=O)C1CCC1. The molecule has 0 spiro atoms. The lowest BCUT2D eigenvalue weighted by Crippen LogP contribution is -2.50. The van der Waals surface area contributed by atoms with Gasteiger partial charge in [-0.3, -0.25) is 9.59 Å². The molecule has 17 heavy (non-hydrogen) atoms. The van der Waals surface area contributed by atoms with Gasteiger partial charge in [-0.2, -0.15) is 0 Å². The van der Waals surface area contributed by atoms with E-state index in [0.29, 0.717) is 0 Å². The van der Waals surface area contributed by atoms with E-state index in [-0.39, 0.29) is 23.8 Å². The molecule has 98 valence electrons. The fourth-order valence-electron chi connectivity index (χ4n) is 1.86. The number of nitrogens with zero attached hydrogens (tertiary/aromatic N) is 1. The standard InChI is InChI=1S/C13H24N2O2/c1-5-9(2)15(4)13(17)10(3)14-12(16)11-7-6-8-11/h9-11H,5-8H2,1-4H3,(H,14,16)/t9-,10-/m1/s1. The zero-order chi connectivity index (χ0) is 13.0. The Labute approximate surface area is 104 Å². The van der Waals surface area contributed by atoms with Crippen LogP contribution in [-0.4, -0.2) is 35.8 Å². The van der Waals surface area contributed by atoms with E-state index in [2.05, 4.69) is 5.32 Å². The molecule has 1 rings (SSSR count). The quantitative estimate of drug-likeness (QED) is 0.792. The van der Waals surface area contributed by atoms with Gasteiger partial charge < -0.3 is 10.2 Å². The van der Waals surface area contributed by atoms with Crippen LogP contribution in [0.1, 0.15) is 46.5 Å². The monoisotopic (exact) mass is 240 g/mol. The normalized spacial score (nSPS) is 19.1. The summed E-state index contributed by atoms with van der Waals surface area (Å²) in [6.45, 7) is 5.82. The van der Waals surface area contributed by atoms with Crippen molar-refractivity contribution in [1.29, 1.82) is 0 Å². The van der Waals surface area contributed by atoms with E-state index >= 15 is 0 Å². The first-order valence-electron chi connectivity index (χ1n) is 6.54. The summed E-state index contributed by atoms with van der Waals surface area (Å²) >= 11 is 0. The molecule has 4 heteroatoms. The minimum atomic E-state index is -0.415. The highest BCUT2D eigenvalue weighted by atomic mass is 16.2. The lowest BCUT2D eigenvalue weighted by atomic mass is 9.84. The van der Waals surface area contributed by atoms with E-state index in [1.165, 1.54) is 0 Å². The summed E-state index contributed by atoms with van der Waals surface area (Å²) < 4.78 is 0. The van der Waals surface area contributed by atoms with Gasteiger partial charge in [-0.1, -0.05) is 13.3 Å². The van der Waals surface area contributed by atoms with E-state index in [9.17, 15) is 9.59 Å². The van der Waals surface area contributed by atoms with E-state index < -0.39 is 6.04 Å². The summed E-state index contributed by atoms with van der Waals surface area (Å²) in [6.07, 6.45) is 3.99. The lowest BCUT2D eigenvalue weighted by Gasteiger charge is -2.29. The van der Waals surface area contributed by atoms with Crippen molar-refractivity contribution in [1.82, 2.24) is 10.2 Å². The van der Waals surface area contributed by atoms with Crippen LogP contribution in [0, 0.1) is 5.92 Å². The van der Waals surface area contributed by atoms with Crippen molar-refractivity contribution >= 4 is 11.8 Å². The topological polar surface area (TPSA) is 49.4 Å². The summed E-state index contributed by atoms with van der Waals surface area (Å²) in [5, 5.41) is 2.81. The number of carbonyl (C=O) groups excluding carboxylic acids is 2. The second kappa shape index (κ2) is 6.03. The Morgan fingerprint density at radius 2 is 1.94 bits per heavy atom. The van der Waals surface area contributed by atoms with E-state index in [1.54, 1.807) is 18.9 Å². The lowest BCUT2D eigenvalue weighted by molar-refractivity contribution is -0.138. The number of likely N-dealkylation sites (N-methyl/N-ethyl adjacent to an activating group) is 1. The fourth-order valence-corrected chi connectivity index (χ4v) is 1.86. The van der Waals surface area contributed by atoms with E-state index in [4.69, 9.17) is 0 Å². The van der Waals surface area contributed by atoms with Crippen molar-refractivity contribution in [3.63, 3.8) is 0 Å². The van der Waals surface area contributed by atoms with Crippen molar-refractivity contribution < 1.29 is 9.59 Å². The van der Waals surface area contributed by atoms with Crippen LogP contribution in [0.4, 0.5) is 0 Å². The molecular weight excluding hydrogens is 216 g/mol. The third-order valence-corrected chi connectivity index (χ3v) is 3.80. The van der Waals surface area contributed by atoms with Gasteiger partial charge in [0.05, 0.1) is 0 Å². The van der Waals surface area contributed by atoms with Crippen LogP contribution in [0.15, 0.2) is 0 Å². The molecule has 0 aromatic heterocycles. The summed E-state index contributed by atoms with van der Waals surface area (Å²) in [4.78, 5) is 25.5. The molecule has 0 saturated heterocycles. The maximum atomic E-state index is 12.0. The average Bonchev–Trinajstić information content (AvgIpc) is 2.23. The summed E-state index contributed by atoms with van der Waals surface area (Å²) in [6, 6.07) is -0.201. The predicted octanol–water partition coefficient (Wildman–Crippen LogP) is 1.55. The number of carbonyl (C=O) groups is 2. The number of nitrogens with one attached hydrogen (secondary N) is 1. The van der Waals surface area contributed by atoms with Gasteiger partial charge in [-0.15, -0.1) is 0 Å². The summed E-state index contributed by atoms with van der Waals surface area (Å²) in [5.74, 6) is 0.167. The molecule has 0 unspecified atom stereocenters. The fraction of sp³-hybridized carbons (Fsp3) is 0.846. The van der Waals surface area contributed by atoms with Gasteiger partial charge in [0.15, 0.2) is 0 Å². The Hall–Kier alpha value is -1.06. The Morgan fingerprint density at radius 1 is 1.35 bits per heavy atom. The molecular formula is C13H24N2O2. The number of hydrogen-bond acceptors (Lipinski definition) is 2. The van der Waals surface area contributed by atoms with Gasteiger partial charge in [0.1, 0.15) is 6.04 Å². The van der Waals surface area contributed by atoms with Gasteiger partial charge in [-0.05, 0) is 33.1 Å². The molecule has 0 radical (unpaired) electrons. The van der Waals surface area contributed by atoms with Gasteiger partial charge in [0.25, 0.3) is 0 Å². The molecule has 0 heterocycles. The molecule has 0 aliphatic heterocycles. The van der Waals surface area contributed by atoms with Crippen molar-refractivity contribution in [2.45, 2.75) is 58.5 Å². The molecule has 1 aliphatic rings. The molecule has 2 amide bonds. The molecule has 1 aliphatic carbocycles. The molecule has 4 nitrogen and oxygen atoms in total. The third-order valence-electron chi connectivity index (χ3n) is 3.80. The van der Waals surface area contributed by atoms with Gasteiger partial charge in [0, 0.05) is 19.0 Å². The number of hydrogen-bond donors (Lipinski definition) is 1. The van der Waals surface area contributed by atoms with Crippen LogP contribution in [0.5, 0.6) is 0 Å². The highest BCUT2D eigenvalue weighted by Gasteiger charge is 2.28. The first kappa shape index (κ1) is 14.0. The van der Waals surface area contributed by atoms with Crippen molar-refractivity contribution in [3.8, 4) is 0 Å². The predicted molar refractivity (Wildman–Crippen MR) is 67.5 cm³/mol. The zero-order valence-corrected chi connectivity index (χ0v) is 11.3. The number of amides is 2. The molecule has 0 aromatic carbocycles. The Balaban J connectivity index is 2.42. The average molecular weight is 240 g/mol. The number of rotatable bonds is 5. The smallest absolute Gasteiger partial charge is 0.244 e. The third kappa shape index (κ3) is 3.45. The highest BCUT2D eigenvalue weighted by Crippen LogP contribution is 2.26. The van der Waals surface area contributed by atoms with E-state index in [0.717, 1.165) is 25.7 Å². The van der Waals surface area contributed by atoms with Crippen molar-refractivity contribution in [2.24, 2.45) is 5.92 Å². The molecule has 1 fully saturated rings. The van der Waals surface area contributed by atoms with Gasteiger partial charge in [0.2, 0.25) is 11.8 Å². The van der Waals surface area contributed by atoms with E-state index in [1.807, 2.05) is 13.8 Å². The molecule has 1 saturated carbocycles. The van der Waals surface area contributed by atoms with Crippen LogP contribution in [0.2, 0.25) is 0 Å². The maximum absolute atomic E-state index is 12.0. The van der Waals surface area contributed by atoms with Crippen LogP contribution in [0.25, 0.3) is 0 Å². The Morgan fingerprint density at radius 3 is 2.35 bits per heavy atom. The first-order valence-corrected chi connectivity index (χ1v) is 6.54. The maximum Gasteiger partial charge on any atom is 0.244 e. The zero-order valence-electron chi connectivity index (χ0n) is 11.3. The Bertz CT molecular complexity index is 287. The second-order valence-corrected chi connectivity index (χ2v) is 5.06. The first-order chi connectivity index (χ1) is 7.97. The minimum Gasteiger partial charge on any atom is -0.344 e. The van der Waals surface area contributed by atoms with Crippen LogP contribution in [0.3, 0.4) is 0 Å². The Kier molecular flexibility index (Phi) is 4.97. The molecule has 0 aromatic rings. The largest absolute Gasteiger partial charge is 0.344 e. The van der Waals surface area contributed by atoms with Crippen molar-refractivity contribution in [3.05, 3.63) is 0 Å². The summed E-state index contributed by atoms with van der Waals surface area (Å²) in [5.41, 5.74) is 0. The highest BCUT2D eigenvalue weighted by molar-refractivity contribution is 5.88. The molecule has 2 atom stereocenters. The molecule has 1 N–H and O–H groups in total. The second-order valence-electron chi connectivity index (χ2n) is 5.06. The molecule has 0 bridgehead atoms. The van der Waals surface area contributed by atoms with Gasteiger partial charge >= 0.3 is 0 Å². The minimum absolute atomic E-state index is 0.00739. The van der Waals surface area contributed by atoms with Gasteiger partial charge in [-0.25, -0.2) is 0 Å². The van der Waals surface area contributed by atoms with Crippen LogP contribution < -0.4 is 5.32 Å². The summed E-state index contributed by atoms with van der Waals surface area (Å²) in [7, 11) is 1.79. The van der Waals surface area contributed by atoms with Crippen LogP contribution >= 0.6 is 0 Å². The van der Waals surface area contributed by atoms with Crippen LogP contribution in [-0.2, 0) is 9.59 Å². The van der Waals surface area contributed by atoms with Crippen molar-refractivity contribution in [2.75, 3.05) is 7.05 Å².